The first-order valence-corrected chi connectivity index (χ1v) is 8.89. The molecule has 0 aliphatic rings. The number of halogens is 1. The van der Waals surface area contributed by atoms with Gasteiger partial charge in [-0.3, -0.25) is 9.10 Å². The van der Waals surface area contributed by atoms with Gasteiger partial charge in [-0.1, -0.05) is 41.9 Å². The maximum absolute atomic E-state index is 12.6. The number of amidine groups is 1. The van der Waals surface area contributed by atoms with Gasteiger partial charge in [-0.05, 0) is 24.3 Å². The molecule has 0 amide bonds. The molecular formula is C16H15ClN2O3S. The Morgan fingerprint density at radius 1 is 1.04 bits per heavy atom. The fourth-order valence-electron chi connectivity index (χ4n) is 1.78. The van der Waals surface area contributed by atoms with Crippen LogP contribution < -0.4 is 0 Å². The molecular weight excluding hydrogens is 336 g/mol. The number of carbonyl (C=O) groups excluding carboxylic acids is 1. The number of hydrogen-bond donors (Lipinski definition) is 0. The van der Waals surface area contributed by atoms with Crippen LogP contribution in [0.5, 0.6) is 0 Å². The number of rotatable bonds is 4. The fourth-order valence-corrected chi connectivity index (χ4v) is 2.34. The molecule has 0 aliphatic heterocycles. The van der Waals surface area contributed by atoms with Gasteiger partial charge in [0.2, 0.25) is 15.8 Å². The van der Waals surface area contributed by atoms with Crippen molar-refractivity contribution in [2.75, 3.05) is 13.3 Å². The highest BCUT2D eigenvalue weighted by molar-refractivity contribution is 7.89. The Bertz CT molecular complexity index is 831. The SMILES string of the molecule is CN(C(=Nc1ccc(Cl)cc1)C(=O)c1ccccc1)S(C)(=O)=O. The molecule has 0 bridgehead atoms. The van der Waals surface area contributed by atoms with E-state index in [1.165, 1.54) is 7.05 Å². The Morgan fingerprint density at radius 3 is 2.13 bits per heavy atom. The summed E-state index contributed by atoms with van der Waals surface area (Å²) in [5, 5.41) is 0.524. The minimum absolute atomic E-state index is 0.180. The summed E-state index contributed by atoms with van der Waals surface area (Å²) in [7, 11) is -2.33. The molecule has 23 heavy (non-hydrogen) atoms. The van der Waals surface area contributed by atoms with Crippen molar-refractivity contribution in [3.05, 3.63) is 65.2 Å². The first kappa shape index (κ1) is 17.2. The number of aliphatic imine (C=N–C) groups is 1. The Hall–Kier alpha value is -2.18. The molecule has 0 unspecified atom stereocenters. The van der Waals surface area contributed by atoms with Crippen LogP contribution in [0.15, 0.2) is 59.6 Å². The van der Waals surface area contributed by atoms with Crippen molar-refractivity contribution in [3.8, 4) is 0 Å². The van der Waals surface area contributed by atoms with E-state index < -0.39 is 15.8 Å². The third-order valence-corrected chi connectivity index (χ3v) is 4.52. The second kappa shape index (κ2) is 6.93. The molecule has 0 aromatic heterocycles. The molecule has 120 valence electrons. The molecule has 2 aromatic rings. The minimum atomic E-state index is -3.63. The first-order chi connectivity index (χ1) is 10.8. The summed E-state index contributed by atoms with van der Waals surface area (Å²) >= 11 is 5.82. The van der Waals surface area contributed by atoms with Crippen molar-refractivity contribution in [3.63, 3.8) is 0 Å². The third-order valence-electron chi connectivity index (χ3n) is 3.10. The molecule has 0 saturated heterocycles. The van der Waals surface area contributed by atoms with E-state index in [1.807, 2.05) is 0 Å². The van der Waals surface area contributed by atoms with E-state index in [0.29, 0.717) is 16.3 Å². The second-order valence-corrected chi connectivity index (χ2v) is 7.29. The number of Topliss-reactive ketones (excluding diaryl/α,β-unsaturated/α-hetero) is 1. The summed E-state index contributed by atoms with van der Waals surface area (Å²) < 4.78 is 24.5. The van der Waals surface area contributed by atoms with Crippen LogP contribution in [0.25, 0.3) is 0 Å². The summed E-state index contributed by atoms with van der Waals surface area (Å²) in [6.45, 7) is 0. The minimum Gasteiger partial charge on any atom is -0.285 e. The number of nitrogens with zero attached hydrogens (tertiary/aromatic N) is 2. The van der Waals surface area contributed by atoms with Crippen LogP contribution in [-0.2, 0) is 10.0 Å². The van der Waals surface area contributed by atoms with Crippen molar-refractivity contribution in [2.45, 2.75) is 0 Å². The standard InChI is InChI=1S/C16H15ClN2O3S/c1-19(23(2,21)22)16(15(20)12-6-4-3-5-7-12)18-14-10-8-13(17)9-11-14/h3-11H,1-2H3. The summed E-state index contributed by atoms with van der Waals surface area (Å²) in [6.07, 6.45) is 1.02. The number of hydrogen-bond acceptors (Lipinski definition) is 4. The van der Waals surface area contributed by atoms with Crippen LogP contribution in [0.1, 0.15) is 10.4 Å². The molecule has 5 nitrogen and oxygen atoms in total. The molecule has 0 saturated carbocycles. The Kier molecular flexibility index (Phi) is 5.18. The average molecular weight is 351 g/mol. The number of benzene rings is 2. The van der Waals surface area contributed by atoms with Crippen LogP contribution in [0.2, 0.25) is 5.02 Å². The second-order valence-electron chi connectivity index (χ2n) is 4.84. The third kappa shape index (κ3) is 4.40. The van der Waals surface area contributed by atoms with Gasteiger partial charge in [0.1, 0.15) is 0 Å². The average Bonchev–Trinajstić information content (AvgIpc) is 2.53. The lowest BCUT2D eigenvalue weighted by Crippen LogP contribution is -2.37. The Balaban J connectivity index is 2.52. The molecule has 0 spiro atoms. The van der Waals surface area contributed by atoms with Gasteiger partial charge in [0.25, 0.3) is 0 Å². The van der Waals surface area contributed by atoms with Crippen LogP contribution in [0.3, 0.4) is 0 Å². The lowest BCUT2D eigenvalue weighted by atomic mass is 10.1. The van der Waals surface area contributed by atoms with Crippen molar-refractivity contribution in [1.29, 1.82) is 0 Å². The summed E-state index contributed by atoms with van der Waals surface area (Å²) in [5.41, 5.74) is 0.792. The van der Waals surface area contributed by atoms with E-state index in [1.54, 1.807) is 54.6 Å². The van der Waals surface area contributed by atoms with Gasteiger partial charge < -0.3 is 0 Å². The smallest absolute Gasteiger partial charge is 0.233 e. The molecule has 0 aliphatic carbocycles. The van der Waals surface area contributed by atoms with Crippen LogP contribution in [-0.4, -0.2) is 37.6 Å². The normalized spacial score (nSPS) is 12.0. The highest BCUT2D eigenvalue weighted by Gasteiger charge is 2.24. The van der Waals surface area contributed by atoms with Gasteiger partial charge >= 0.3 is 0 Å². The molecule has 7 heteroatoms. The zero-order valence-corrected chi connectivity index (χ0v) is 14.2. The maximum Gasteiger partial charge on any atom is 0.233 e. The van der Waals surface area contributed by atoms with Gasteiger partial charge in [0.15, 0.2) is 5.84 Å². The molecule has 0 heterocycles. The van der Waals surface area contributed by atoms with Crippen LogP contribution >= 0.6 is 11.6 Å². The van der Waals surface area contributed by atoms with E-state index >= 15 is 0 Å². The molecule has 2 aromatic carbocycles. The highest BCUT2D eigenvalue weighted by atomic mass is 35.5. The molecule has 0 atom stereocenters. The summed E-state index contributed by atoms with van der Waals surface area (Å²) in [5.74, 6) is -0.658. The number of ketones is 1. The zero-order chi connectivity index (χ0) is 17.0. The van der Waals surface area contributed by atoms with Gasteiger partial charge in [0.05, 0.1) is 11.9 Å². The lowest BCUT2D eigenvalue weighted by molar-refractivity contribution is 0.105. The van der Waals surface area contributed by atoms with E-state index in [-0.39, 0.29) is 5.84 Å². The highest BCUT2D eigenvalue weighted by Crippen LogP contribution is 2.18. The van der Waals surface area contributed by atoms with Crippen LogP contribution in [0.4, 0.5) is 5.69 Å². The molecule has 0 radical (unpaired) electrons. The van der Waals surface area contributed by atoms with Crippen molar-refractivity contribution < 1.29 is 13.2 Å². The van der Waals surface area contributed by atoms with E-state index in [0.717, 1.165) is 10.6 Å². The van der Waals surface area contributed by atoms with Crippen LogP contribution in [0, 0.1) is 0 Å². The number of likely N-dealkylation sites (N-methyl/N-ethyl adjacent to an activating group) is 1. The van der Waals surface area contributed by atoms with Gasteiger partial charge in [-0.25, -0.2) is 13.4 Å². The first-order valence-electron chi connectivity index (χ1n) is 6.67. The van der Waals surface area contributed by atoms with Crippen molar-refractivity contribution in [1.82, 2.24) is 4.31 Å². The molecule has 2 rings (SSSR count). The van der Waals surface area contributed by atoms with Crippen molar-refractivity contribution in [2.24, 2.45) is 4.99 Å². The van der Waals surface area contributed by atoms with E-state index in [4.69, 9.17) is 11.6 Å². The Morgan fingerprint density at radius 2 is 1.61 bits per heavy atom. The van der Waals surface area contributed by atoms with E-state index in [9.17, 15) is 13.2 Å². The topological polar surface area (TPSA) is 66.8 Å². The molecule has 0 N–H and O–H groups in total. The summed E-state index contributed by atoms with van der Waals surface area (Å²) in [4.78, 5) is 16.8. The fraction of sp³-hybridized carbons (Fsp3) is 0.125. The predicted octanol–water partition coefficient (Wildman–Crippen LogP) is 3.14. The Labute approximate surface area is 140 Å². The predicted molar refractivity (Wildman–Crippen MR) is 91.9 cm³/mol. The maximum atomic E-state index is 12.6. The van der Waals surface area contributed by atoms with E-state index in [2.05, 4.69) is 4.99 Å². The quantitative estimate of drug-likeness (QED) is 0.483. The van der Waals surface area contributed by atoms with Gasteiger partial charge in [-0.2, -0.15) is 0 Å². The van der Waals surface area contributed by atoms with Crippen molar-refractivity contribution >= 4 is 38.9 Å². The largest absolute Gasteiger partial charge is 0.285 e. The lowest BCUT2D eigenvalue weighted by Gasteiger charge is -2.18. The monoisotopic (exact) mass is 350 g/mol. The number of carbonyl (C=O) groups is 1. The summed E-state index contributed by atoms with van der Waals surface area (Å²) in [6, 6.07) is 14.8. The van der Waals surface area contributed by atoms with Gasteiger partial charge in [-0.15, -0.1) is 0 Å². The van der Waals surface area contributed by atoms with Gasteiger partial charge in [0, 0.05) is 17.6 Å². The number of sulfonamides is 1. The molecule has 0 fully saturated rings. The zero-order valence-electron chi connectivity index (χ0n) is 12.6.